The predicted molar refractivity (Wildman–Crippen MR) is 61.7 cm³/mol. The zero-order valence-corrected chi connectivity index (χ0v) is 9.84. The number of carboxylic acids is 1. The highest BCUT2D eigenvalue weighted by atomic mass is 16.4. The van der Waals surface area contributed by atoms with Crippen LogP contribution in [-0.2, 0) is 4.79 Å². The van der Waals surface area contributed by atoms with Crippen LogP contribution in [0.1, 0.15) is 46.5 Å². The lowest BCUT2D eigenvalue weighted by atomic mass is 9.89. The largest absolute Gasteiger partial charge is 0.481 e. The summed E-state index contributed by atoms with van der Waals surface area (Å²) in [5, 5.41) is 9.07. The van der Waals surface area contributed by atoms with Gasteiger partial charge in [0.1, 0.15) is 0 Å². The second kappa shape index (κ2) is 4.65. The van der Waals surface area contributed by atoms with Crippen LogP contribution in [0.15, 0.2) is 23.3 Å². The van der Waals surface area contributed by atoms with Gasteiger partial charge in [0, 0.05) is 0 Å². The molecule has 2 nitrogen and oxygen atoms in total. The van der Waals surface area contributed by atoms with Crippen LogP contribution >= 0.6 is 0 Å². The second-order valence-corrected chi connectivity index (χ2v) is 4.08. The van der Waals surface area contributed by atoms with Gasteiger partial charge in [0.25, 0.3) is 0 Å². The molecule has 1 fully saturated rings. The lowest BCUT2D eigenvalue weighted by Crippen LogP contribution is -2.17. The molecule has 0 aromatic rings. The van der Waals surface area contributed by atoms with Crippen LogP contribution in [0.2, 0.25) is 0 Å². The number of hydrogen-bond donors (Lipinski definition) is 1. The van der Waals surface area contributed by atoms with E-state index in [4.69, 9.17) is 5.11 Å². The summed E-state index contributed by atoms with van der Waals surface area (Å²) in [5.74, 6) is -0.648. The van der Waals surface area contributed by atoms with Crippen molar-refractivity contribution >= 4 is 5.97 Å². The Balaban J connectivity index is 0.000000531. The van der Waals surface area contributed by atoms with Crippen LogP contribution < -0.4 is 0 Å². The fraction of sp³-hybridized carbons (Fsp3) is 0.615. The first kappa shape index (κ1) is 12.0. The SMILES string of the molecule is CC.CC1=CC(C2(C(=O)O)CC2)=CCC1. The van der Waals surface area contributed by atoms with E-state index in [0.29, 0.717) is 0 Å². The van der Waals surface area contributed by atoms with Crippen molar-refractivity contribution in [2.24, 2.45) is 5.41 Å². The highest BCUT2D eigenvalue weighted by Gasteiger charge is 2.52. The Morgan fingerprint density at radius 3 is 2.40 bits per heavy atom. The Bertz CT molecular complexity index is 306. The third-order valence-electron chi connectivity index (χ3n) is 3.02. The van der Waals surface area contributed by atoms with E-state index in [9.17, 15) is 4.79 Å². The Morgan fingerprint density at radius 2 is 2.00 bits per heavy atom. The van der Waals surface area contributed by atoms with Crippen LogP contribution in [0, 0.1) is 5.41 Å². The standard InChI is InChI=1S/C11H14O2.C2H6/c1-8-3-2-4-9(7-8)11(5-6-11)10(12)13;1-2/h4,7H,2-3,5-6H2,1H3,(H,12,13);1-2H3. The van der Waals surface area contributed by atoms with E-state index in [0.717, 1.165) is 31.3 Å². The van der Waals surface area contributed by atoms with E-state index in [1.54, 1.807) is 0 Å². The van der Waals surface area contributed by atoms with Gasteiger partial charge in [-0.2, -0.15) is 0 Å². The average molecular weight is 208 g/mol. The quantitative estimate of drug-likeness (QED) is 0.753. The summed E-state index contributed by atoms with van der Waals surface area (Å²) in [4.78, 5) is 11.0. The zero-order valence-electron chi connectivity index (χ0n) is 9.84. The molecule has 0 spiro atoms. The van der Waals surface area contributed by atoms with Crippen LogP contribution in [-0.4, -0.2) is 11.1 Å². The molecular formula is C13H20O2. The second-order valence-electron chi connectivity index (χ2n) is 4.08. The first-order valence-corrected chi connectivity index (χ1v) is 5.76. The molecule has 0 aromatic carbocycles. The fourth-order valence-electron chi connectivity index (χ4n) is 1.94. The number of rotatable bonds is 2. The fourth-order valence-corrected chi connectivity index (χ4v) is 1.94. The highest BCUT2D eigenvalue weighted by Crippen LogP contribution is 2.53. The van der Waals surface area contributed by atoms with Crippen molar-refractivity contribution in [1.29, 1.82) is 0 Å². The zero-order chi connectivity index (χ0) is 11.5. The van der Waals surface area contributed by atoms with Crippen LogP contribution in [0.3, 0.4) is 0 Å². The van der Waals surface area contributed by atoms with Gasteiger partial charge in [0.2, 0.25) is 0 Å². The Labute approximate surface area is 91.7 Å². The molecule has 15 heavy (non-hydrogen) atoms. The Hall–Kier alpha value is -1.05. The Kier molecular flexibility index (Phi) is 3.72. The minimum atomic E-state index is -0.648. The lowest BCUT2D eigenvalue weighted by molar-refractivity contribution is -0.141. The molecule has 0 aliphatic heterocycles. The molecule has 0 radical (unpaired) electrons. The van der Waals surface area contributed by atoms with Gasteiger partial charge in [0.05, 0.1) is 5.41 Å². The molecule has 2 aliphatic rings. The van der Waals surface area contributed by atoms with Crippen LogP contribution in [0.4, 0.5) is 0 Å². The van der Waals surface area contributed by atoms with Crippen molar-refractivity contribution in [1.82, 2.24) is 0 Å². The maximum Gasteiger partial charge on any atom is 0.314 e. The van der Waals surface area contributed by atoms with Crippen molar-refractivity contribution < 1.29 is 9.90 Å². The monoisotopic (exact) mass is 208 g/mol. The summed E-state index contributed by atoms with van der Waals surface area (Å²) >= 11 is 0. The number of carbonyl (C=O) groups is 1. The molecular weight excluding hydrogens is 188 g/mol. The number of aliphatic carboxylic acids is 1. The van der Waals surface area contributed by atoms with Crippen LogP contribution in [0.25, 0.3) is 0 Å². The predicted octanol–water partition coefficient (Wildman–Crippen LogP) is 3.54. The molecule has 2 rings (SSSR count). The van der Waals surface area contributed by atoms with Gasteiger partial charge in [0.15, 0.2) is 0 Å². The van der Waals surface area contributed by atoms with Gasteiger partial charge in [-0.25, -0.2) is 0 Å². The number of allylic oxidation sites excluding steroid dienone is 3. The van der Waals surface area contributed by atoms with Crippen molar-refractivity contribution in [3.63, 3.8) is 0 Å². The highest BCUT2D eigenvalue weighted by molar-refractivity contribution is 5.83. The summed E-state index contributed by atoms with van der Waals surface area (Å²) in [5.41, 5.74) is 1.86. The molecule has 0 atom stereocenters. The third-order valence-corrected chi connectivity index (χ3v) is 3.02. The van der Waals surface area contributed by atoms with Crippen molar-refractivity contribution in [3.8, 4) is 0 Å². The topological polar surface area (TPSA) is 37.3 Å². The van der Waals surface area contributed by atoms with Crippen molar-refractivity contribution in [3.05, 3.63) is 23.3 Å². The van der Waals surface area contributed by atoms with Gasteiger partial charge in [-0.1, -0.05) is 31.6 Å². The summed E-state index contributed by atoms with van der Waals surface area (Å²) < 4.78 is 0. The Morgan fingerprint density at radius 1 is 1.40 bits per heavy atom. The normalized spacial score (nSPS) is 21.8. The van der Waals surface area contributed by atoms with Gasteiger partial charge in [-0.3, -0.25) is 4.79 Å². The van der Waals surface area contributed by atoms with Gasteiger partial charge in [-0.15, -0.1) is 0 Å². The lowest BCUT2D eigenvalue weighted by Gasteiger charge is -2.16. The molecule has 0 amide bonds. The molecule has 0 unspecified atom stereocenters. The van der Waals surface area contributed by atoms with E-state index >= 15 is 0 Å². The molecule has 0 heterocycles. The summed E-state index contributed by atoms with van der Waals surface area (Å²) in [6.07, 6.45) is 7.88. The van der Waals surface area contributed by atoms with Gasteiger partial charge < -0.3 is 5.11 Å². The molecule has 0 saturated heterocycles. The minimum Gasteiger partial charge on any atom is -0.481 e. The van der Waals surface area contributed by atoms with E-state index in [-0.39, 0.29) is 0 Å². The minimum absolute atomic E-state index is 0.498. The van der Waals surface area contributed by atoms with E-state index in [1.165, 1.54) is 5.57 Å². The maximum atomic E-state index is 11.0. The molecule has 1 N–H and O–H groups in total. The molecule has 0 aromatic heterocycles. The summed E-state index contributed by atoms with van der Waals surface area (Å²) in [6, 6.07) is 0. The molecule has 0 bridgehead atoms. The van der Waals surface area contributed by atoms with E-state index in [2.05, 4.69) is 19.1 Å². The average Bonchev–Trinajstić information content (AvgIpc) is 3.01. The summed E-state index contributed by atoms with van der Waals surface area (Å²) in [6.45, 7) is 6.07. The molecule has 84 valence electrons. The van der Waals surface area contributed by atoms with Crippen molar-refractivity contribution in [2.75, 3.05) is 0 Å². The van der Waals surface area contributed by atoms with Crippen molar-refractivity contribution in [2.45, 2.75) is 46.5 Å². The van der Waals surface area contributed by atoms with Gasteiger partial charge >= 0.3 is 5.97 Å². The molecule has 2 heteroatoms. The molecule has 2 aliphatic carbocycles. The first-order chi connectivity index (χ1) is 7.15. The van der Waals surface area contributed by atoms with Gasteiger partial charge in [-0.05, 0) is 38.2 Å². The summed E-state index contributed by atoms with van der Waals surface area (Å²) in [7, 11) is 0. The van der Waals surface area contributed by atoms with E-state index < -0.39 is 11.4 Å². The van der Waals surface area contributed by atoms with Crippen LogP contribution in [0.5, 0.6) is 0 Å². The maximum absolute atomic E-state index is 11.0. The molecule has 1 saturated carbocycles. The smallest absolute Gasteiger partial charge is 0.314 e. The first-order valence-electron chi connectivity index (χ1n) is 5.76. The van der Waals surface area contributed by atoms with E-state index in [1.807, 2.05) is 13.8 Å². The number of hydrogen-bond acceptors (Lipinski definition) is 1. The third kappa shape index (κ3) is 2.31. The number of carboxylic acid groups (broad SMARTS) is 1.